The fourth-order valence-corrected chi connectivity index (χ4v) is 4.42. The molecule has 0 saturated carbocycles. The summed E-state index contributed by atoms with van der Waals surface area (Å²) in [4.78, 5) is 37.2. The van der Waals surface area contributed by atoms with Crippen molar-refractivity contribution in [3.8, 4) is 5.75 Å². The zero-order chi connectivity index (χ0) is 27.9. The van der Waals surface area contributed by atoms with Gasteiger partial charge in [0, 0.05) is 38.1 Å². The van der Waals surface area contributed by atoms with Crippen LogP contribution >= 0.6 is 11.6 Å². The zero-order valence-corrected chi connectivity index (χ0v) is 22.9. The summed E-state index contributed by atoms with van der Waals surface area (Å²) in [6, 6.07) is 5.21. The predicted molar refractivity (Wildman–Crippen MR) is 150 cm³/mol. The topological polar surface area (TPSA) is 144 Å². The standard InChI is InChI=1S/C26H32ClN9O3/c1-34(2)11-6-10-22(37)35-12-5-7-18(16-35)36-15-17(13-30-36)31-26-29-14-19(24(28)38)25(33-26)32-23-20(27)8-4-9-21(23)39-3/h4,6,8-10,13-15,18H,5,7,11-12,16H2,1-3H3,(H2,28,38)(H2,29,31,32,33)/b10-6+/t18-/m1/s1. The molecule has 1 aliphatic heterocycles. The van der Waals surface area contributed by atoms with Gasteiger partial charge in [0.25, 0.3) is 5.91 Å². The van der Waals surface area contributed by atoms with E-state index in [1.54, 1.807) is 30.5 Å². The van der Waals surface area contributed by atoms with Crippen molar-refractivity contribution in [2.45, 2.75) is 18.9 Å². The van der Waals surface area contributed by atoms with Gasteiger partial charge < -0.3 is 30.9 Å². The molecule has 206 valence electrons. The molecular formula is C26H32ClN9O3. The van der Waals surface area contributed by atoms with E-state index in [-0.39, 0.29) is 29.3 Å². The molecule has 0 aliphatic carbocycles. The lowest BCUT2D eigenvalue weighted by molar-refractivity contribution is -0.127. The second-order valence-electron chi connectivity index (χ2n) is 9.34. The van der Waals surface area contributed by atoms with Gasteiger partial charge in [-0.3, -0.25) is 14.3 Å². The van der Waals surface area contributed by atoms with Crippen molar-refractivity contribution < 1.29 is 14.3 Å². The van der Waals surface area contributed by atoms with E-state index in [4.69, 9.17) is 22.1 Å². The molecule has 0 radical (unpaired) electrons. The summed E-state index contributed by atoms with van der Waals surface area (Å²) in [5, 5.41) is 11.0. The Morgan fingerprint density at radius 1 is 1.28 bits per heavy atom. The van der Waals surface area contributed by atoms with Gasteiger partial charge in [0.15, 0.2) is 0 Å². The van der Waals surface area contributed by atoms with Crippen LogP contribution in [0.15, 0.2) is 48.9 Å². The quantitative estimate of drug-likeness (QED) is 0.322. The van der Waals surface area contributed by atoms with E-state index >= 15 is 0 Å². The highest BCUT2D eigenvalue weighted by molar-refractivity contribution is 6.33. The summed E-state index contributed by atoms with van der Waals surface area (Å²) in [5.74, 6) is 0.170. The third kappa shape index (κ3) is 7.03. The molecule has 1 saturated heterocycles. The van der Waals surface area contributed by atoms with Gasteiger partial charge in [0.2, 0.25) is 11.9 Å². The number of likely N-dealkylation sites (tertiary alicyclic amines) is 1. The normalized spacial score (nSPS) is 15.5. The molecular weight excluding hydrogens is 522 g/mol. The number of primary amides is 1. The number of methoxy groups -OCH3 is 1. The van der Waals surface area contributed by atoms with Crippen LogP contribution in [0.4, 0.5) is 23.1 Å². The number of benzene rings is 1. The number of rotatable bonds is 10. The number of amides is 2. The number of hydrogen-bond donors (Lipinski definition) is 3. The summed E-state index contributed by atoms with van der Waals surface area (Å²) >= 11 is 6.34. The van der Waals surface area contributed by atoms with Gasteiger partial charge in [0.05, 0.1) is 30.1 Å². The molecule has 4 rings (SSSR count). The van der Waals surface area contributed by atoms with Gasteiger partial charge in [-0.25, -0.2) is 4.98 Å². The van der Waals surface area contributed by atoms with Gasteiger partial charge >= 0.3 is 0 Å². The lowest BCUT2D eigenvalue weighted by Crippen LogP contribution is -2.40. The molecule has 12 nitrogen and oxygen atoms in total. The molecule has 3 aromatic rings. The minimum atomic E-state index is -0.698. The van der Waals surface area contributed by atoms with Crippen LogP contribution in [0.2, 0.25) is 5.02 Å². The Morgan fingerprint density at radius 3 is 2.85 bits per heavy atom. The first-order valence-electron chi connectivity index (χ1n) is 12.4. The molecule has 4 N–H and O–H groups in total. The Balaban J connectivity index is 1.48. The lowest BCUT2D eigenvalue weighted by Gasteiger charge is -2.32. The smallest absolute Gasteiger partial charge is 0.254 e. The Labute approximate surface area is 231 Å². The molecule has 13 heteroatoms. The van der Waals surface area contributed by atoms with Gasteiger partial charge in [-0.05, 0) is 39.1 Å². The maximum atomic E-state index is 12.6. The highest BCUT2D eigenvalue weighted by atomic mass is 35.5. The second-order valence-corrected chi connectivity index (χ2v) is 9.75. The van der Waals surface area contributed by atoms with Crippen molar-refractivity contribution in [1.29, 1.82) is 0 Å². The summed E-state index contributed by atoms with van der Waals surface area (Å²) in [6.45, 7) is 2.01. The lowest BCUT2D eigenvalue weighted by atomic mass is 10.1. The van der Waals surface area contributed by atoms with Crippen molar-refractivity contribution in [2.24, 2.45) is 5.73 Å². The average Bonchev–Trinajstić information content (AvgIpc) is 3.38. The molecule has 0 spiro atoms. The maximum absolute atomic E-state index is 12.6. The number of ether oxygens (including phenoxy) is 1. The number of halogens is 1. The van der Waals surface area contributed by atoms with Crippen LogP contribution in [0.25, 0.3) is 0 Å². The third-order valence-electron chi connectivity index (χ3n) is 6.16. The Kier molecular flexibility index (Phi) is 8.99. The van der Waals surface area contributed by atoms with Gasteiger partial charge in [-0.1, -0.05) is 23.7 Å². The number of nitrogens with zero attached hydrogens (tertiary/aromatic N) is 6. The number of carbonyl (C=O) groups excluding carboxylic acids is 2. The molecule has 2 amide bonds. The first-order valence-corrected chi connectivity index (χ1v) is 12.8. The largest absolute Gasteiger partial charge is 0.495 e. The van der Waals surface area contributed by atoms with E-state index in [2.05, 4.69) is 25.7 Å². The number of piperidine rings is 1. The molecule has 1 fully saturated rings. The van der Waals surface area contributed by atoms with Crippen molar-refractivity contribution in [3.63, 3.8) is 0 Å². The zero-order valence-electron chi connectivity index (χ0n) is 22.1. The average molecular weight is 554 g/mol. The number of para-hydroxylation sites is 1. The van der Waals surface area contributed by atoms with E-state index in [1.807, 2.05) is 40.8 Å². The fourth-order valence-electron chi connectivity index (χ4n) is 4.20. The second kappa shape index (κ2) is 12.6. The summed E-state index contributed by atoms with van der Waals surface area (Å²) in [7, 11) is 5.43. The number of hydrogen-bond acceptors (Lipinski definition) is 9. The van der Waals surface area contributed by atoms with Crippen LogP contribution in [0.1, 0.15) is 29.2 Å². The predicted octanol–water partition coefficient (Wildman–Crippen LogP) is 3.20. The summed E-state index contributed by atoms with van der Waals surface area (Å²) < 4.78 is 7.22. The number of likely N-dealkylation sites (N-methyl/N-ethyl adjacent to an activating group) is 1. The van der Waals surface area contributed by atoms with Crippen LogP contribution in [-0.2, 0) is 4.79 Å². The fraction of sp³-hybridized carbons (Fsp3) is 0.346. The van der Waals surface area contributed by atoms with E-state index in [9.17, 15) is 9.59 Å². The minimum Gasteiger partial charge on any atom is -0.495 e. The van der Waals surface area contributed by atoms with Gasteiger partial charge in [0.1, 0.15) is 22.8 Å². The molecule has 39 heavy (non-hydrogen) atoms. The van der Waals surface area contributed by atoms with Crippen molar-refractivity contribution in [2.75, 3.05) is 51.5 Å². The maximum Gasteiger partial charge on any atom is 0.254 e. The SMILES string of the molecule is COc1cccc(Cl)c1Nc1nc(Nc2cnn([C@@H]3CCCN(C(=O)/C=C/CN(C)C)C3)c2)ncc1C(N)=O. The highest BCUT2D eigenvalue weighted by Gasteiger charge is 2.24. The van der Waals surface area contributed by atoms with E-state index < -0.39 is 5.91 Å². The van der Waals surface area contributed by atoms with Gasteiger partial charge in [-0.2, -0.15) is 10.1 Å². The molecule has 1 atom stereocenters. The van der Waals surface area contributed by atoms with Crippen LogP contribution < -0.4 is 21.1 Å². The molecule has 1 aromatic carbocycles. The number of anilines is 4. The minimum absolute atomic E-state index is 0.00479. The van der Waals surface area contributed by atoms with Crippen LogP contribution in [-0.4, -0.2) is 82.2 Å². The third-order valence-corrected chi connectivity index (χ3v) is 6.48. The van der Waals surface area contributed by atoms with Crippen LogP contribution in [0.5, 0.6) is 5.75 Å². The number of carbonyl (C=O) groups is 2. The van der Waals surface area contributed by atoms with Crippen molar-refractivity contribution in [1.82, 2.24) is 29.5 Å². The number of aromatic nitrogens is 4. The number of nitrogens with one attached hydrogen (secondary N) is 2. The van der Waals surface area contributed by atoms with Crippen molar-refractivity contribution >= 4 is 46.6 Å². The number of nitrogens with two attached hydrogens (primary N) is 1. The van der Waals surface area contributed by atoms with Crippen molar-refractivity contribution in [3.05, 3.63) is 59.5 Å². The Hall–Kier alpha value is -4.16. The first-order chi connectivity index (χ1) is 18.7. The summed E-state index contributed by atoms with van der Waals surface area (Å²) in [6.07, 6.45) is 10.1. The molecule has 3 heterocycles. The van der Waals surface area contributed by atoms with Crippen LogP contribution in [0, 0.1) is 0 Å². The molecule has 0 unspecified atom stereocenters. The Morgan fingerprint density at radius 2 is 2.10 bits per heavy atom. The van der Waals surface area contributed by atoms with Gasteiger partial charge in [-0.15, -0.1) is 0 Å². The Bertz CT molecular complexity index is 1360. The monoisotopic (exact) mass is 553 g/mol. The molecule has 0 bridgehead atoms. The molecule has 1 aliphatic rings. The first kappa shape index (κ1) is 27.9. The summed E-state index contributed by atoms with van der Waals surface area (Å²) in [5.41, 5.74) is 6.72. The van der Waals surface area contributed by atoms with E-state index in [1.165, 1.54) is 13.3 Å². The van der Waals surface area contributed by atoms with E-state index in [0.29, 0.717) is 35.2 Å². The highest BCUT2D eigenvalue weighted by Crippen LogP contribution is 2.35. The molecule has 2 aromatic heterocycles. The van der Waals surface area contributed by atoms with Crippen LogP contribution in [0.3, 0.4) is 0 Å². The van der Waals surface area contributed by atoms with E-state index in [0.717, 1.165) is 19.4 Å².